The summed E-state index contributed by atoms with van der Waals surface area (Å²) < 4.78 is 11.7. The molecule has 2 saturated heterocycles. The van der Waals surface area contributed by atoms with Crippen molar-refractivity contribution in [1.82, 2.24) is 50.0 Å². The van der Waals surface area contributed by atoms with Crippen molar-refractivity contribution in [2.75, 3.05) is 88.8 Å². The van der Waals surface area contributed by atoms with Gasteiger partial charge in [0.1, 0.15) is 42.4 Å². The molecule has 24 nitrogen and oxygen atoms in total. The van der Waals surface area contributed by atoms with Crippen LogP contribution in [-0.4, -0.2) is 253 Å². The number of nitrogens with one attached hydrogen (secondary N) is 2. The summed E-state index contributed by atoms with van der Waals surface area (Å²) in [4.78, 5) is 175. The van der Waals surface area contributed by atoms with Crippen LogP contribution in [0.3, 0.4) is 0 Å². The Bertz CT molecular complexity index is 2860. The van der Waals surface area contributed by atoms with Crippen molar-refractivity contribution in [3.8, 4) is 0 Å². The second-order valence-corrected chi connectivity index (χ2v) is 31.0. The minimum atomic E-state index is -1.18. The van der Waals surface area contributed by atoms with Gasteiger partial charge in [-0.1, -0.05) is 127 Å². The zero-order valence-electron chi connectivity index (χ0n) is 66.2. The SMILES string of the molecule is CCC(=O)N(C)[C@H](C(=O)C[C@H](C(=O)N(C)[C@@H](CC(C)C)C(=O)C[C@@H](C)C(=O)N[C@H](C)C(=O)N(C)[C@@H](CC(C)C)C(=O)N(C)[C@@H](CC(C)C)C(=O)N(C)[C@H](C(=O)N1O[C@H]([C@H](C)CCCc2ccc(C)cc2)[C@H]1C(=O)N[C@@H](CC)C(=O)N(C)C)C(C)C)C(C)C)[C@@H](C)OCCCCN1CCOCC1. The van der Waals surface area contributed by atoms with Crippen molar-refractivity contribution in [2.45, 2.75) is 255 Å². The number of unbranched alkanes of at least 4 members (excludes halogenated alkanes) is 1. The number of hydroxylamine groups is 2. The molecule has 0 saturated carbocycles. The van der Waals surface area contributed by atoms with Crippen LogP contribution >= 0.6 is 0 Å². The summed E-state index contributed by atoms with van der Waals surface area (Å²) in [5.41, 5.74) is 2.34. The molecule has 0 bridgehead atoms. The second kappa shape index (κ2) is 42.4. The van der Waals surface area contributed by atoms with Gasteiger partial charge in [0.25, 0.3) is 5.91 Å². The van der Waals surface area contributed by atoms with E-state index in [0.717, 1.165) is 55.9 Å². The van der Waals surface area contributed by atoms with E-state index >= 15 is 14.4 Å². The van der Waals surface area contributed by atoms with Crippen LogP contribution in [0.1, 0.15) is 193 Å². The molecule has 2 aliphatic heterocycles. The molecule has 0 spiro atoms. The molecule has 2 heterocycles. The number of Topliss-reactive ketones (excluding diaryl/α,β-unsaturated/α-hetero) is 2. The minimum Gasteiger partial charge on any atom is -0.379 e. The van der Waals surface area contributed by atoms with Crippen LogP contribution in [0.5, 0.6) is 0 Å². The molecule has 3 rings (SSSR count). The Morgan fingerprint density at radius 3 is 1.63 bits per heavy atom. The van der Waals surface area contributed by atoms with Crippen LogP contribution in [0.2, 0.25) is 0 Å². The molecule has 13 atom stereocenters. The fourth-order valence-corrected chi connectivity index (χ4v) is 13.7. The maximum atomic E-state index is 15.2. The summed E-state index contributed by atoms with van der Waals surface area (Å²) in [5, 5.41) is 6.71. The number of carbonyl (C=O) groups excluding carboxylic acids is 11. The molecular formula is C77H132N10O14. The van der Waals surface area contributed by atoms with Gasteiger partial charge in [-0.3, -0.25) is 62.5 Å². The number of ether oxygens (including phenoxy) is 2. The molecule has 0 aromatic heterocycles. The van der Waals surface area contributed by atoms with E-state index in [4.69, 9.17) is 14.3 Å². The quantitative estimate of drug-likeness (QED) is 0.0595. The maximum Gasteiger partial charge on any atom is 0.270 e. The fourth-order valence-electron chi connectivity index (χ4n) is 13.7. The van der Waals surface area contributed by atoms with Crippen molar-refractivity contribution in [2.24, 2.45) is 47.3 Å². The smallest absolute Gasteiger partial charge is 0.270 e. The van der Waals surface area contributed by atoms with Gasteiger partial charge in [0, 0.05) is 100 Å². The molecule has 9 amide bonds. The third kappa shape index (κ3) is 26.1. The number of amides is 9. The lowest BCUT2D eigenvalue weighted by atomic mass is 9.85. The van der Waals surface area contributed by atoms with Gasteiger partial charge >= 0.3 is 0 Å². The van der Waals surface area contributed by atoms with Crippen molar-refractivity contribution in [3.05, 3.63) is 35.4 Å². The lowest BCUT2D eigenvalue weighted by molar-refractivity contribution is -0.322. The van der Waals surface area contributed by atoms with E-state index < -0.39 is 120 Å². The number of benzene rings is 1. The highest BCUT2D eigenvalue weighted by atomic mass is 16.7. The average molecular weight is 1420 g/mol. The number of hydrogen-bond acceptors (Lipinski definition) is 15. The number of carbonyl (C=O) groups is 11. The number of hydrogen-bond donors (Lipinski definition) is 2. The summed E-state index contributed by atoms with van der Waals surface area (Å²) in [5.74, 6) is -8.36. The number of likely N-dealkylation sites (N-methyl/N-ethyl adjacent to an activating group) is 6. The van der Waals surface area contributed by atoms with E-state index in [1.165, 1.54) is 63.0 Å². The predicted octanol–water partition coefficient (Wildman–Crippen LogP) is 7.64. The third-order valence-corrected chi connectivity index (χ3v) is 20.1. The standard InChI is InChI=1S/C77H132N10O14/c1-25-59(74(95)80(18)19)79-71(92)68-69(53(14)30-29-31-57-34-32-52(13)33-35-57)101-87(68)77(98)66(51(11)12)85(24)76(97)62(44-49(7)8)83(22)75(96)61(43-48(5)6)82(21)72(93)55(16)78-70(91)54(15)45-63(88)60(42-47(3)4)81(20)73(94)58(50(9)10)46-64(89)67(84(23)65(90)26-2)56(17)100-39-28-27-36-86-37-40-99-41-38-86/h32-35,47-51,53-56,58-62,66-69H,25-31,36-46H2,1-24H3,(H,78,91)(H,79,92)/t53-,54-,55-,56-,58+,59+,60+,61+,62+,66+,67+,68+,69-/m1/s1. The highest BCUT2D eigenvalue weighted by Gasteiger charge is 2.54. The first-order chi connectivity index (χ1) is 47.2. The Balaban J connectivity index is 1.83. The first-order valence-electron chi connectivity index (χ1n) is 37.4. The van der Waals surface area contributed by atoms with Crippen LogP contribution < -0.4 is 10.6 Å². The van der Waals surface area contributed by atoms with Gasteiger partial charge in [-0.25, -0.2) is 5.06 Å². The number of rotatable bonds is 43. The van der Waals surface area contributed by atoms with Crippen LogP contribution in [0.15, 0.2) is 24.3 Å². The highest BCUT2D eigenvalue weighted by molar-refractivity contribution is 5.99. The summed E-state index contributed by atoms with van der Waals surface area (Å²) in [6.07, 6.45) is 3.14. The first-order valence-corrected chi connectivity index (χ1v) is 37.4. The van der Waals surface area contributed by atoms with Gasteiger partial charge < -0.3 is 49.5 Å². The molecule has 2 aliphatic rings. The van der Waals surface area contributed by atoms with Gasteiger partial charge in [0.15, 0.2) is 17.6 Å². The van der Waals surface area contributed by atoms with Gasteiger partial charge in [-0.2, -0.15) is 0 Å². The van der Waals surface area contributed by atoms with Crippen molar-refractivity contribution in [1.29, 1.82) is 0 Å². The second-order valence-electron chi connectivity index (χ2n) is 31.0. The number of ketones is 2. The van der Waals surface area contributed by atoms with Crippen LogP contribution in [0.4, 0.5) is 0 Å². The molecule has 1 aromatic carbocycles. The molecule has 574 valence electrons. The molecule has 0 radical (unpaired) electrons. The Kier molecular flexibility index (Phi) is 37.3. The van der Waals surface area contributed by atoms with E-state index in [9.17, 15) is 38.4 Å². The summed E-state index contributed by atoms with van der Waals surface area (Å²) in [6, 6.07) is -0.188. The summed E-state index contributed by atoms with van der Waals surface area (Å²) >= 11 is 0. The fraction of sp³-hybridized carbons (Fsp3) is 0.779. The molecule has 2 fully saturated rings. The zero-order valence-corrected chi connectivity index (χ0v) is 66.2. The number of morpholine rings is 1. The van der Waals surface area contributed by atoms with E-state index in [0.29, 0.717) is 32.7 Å². The van der Waals surface area contributed by atoms with Crippen LogP contribution in [0.25, 0.3) is 0 Å². The first kappa shape index (κ1) is 88.8. The Hall–Kier alpha value is -6.37. The lowest BCUT2D eigenvalue weighted by Crippen LogP contribution is -2.71. The molecule has 101 heavy (non-hydrogen) atoms. The Morgan fingerprint density at radius 1 is 0.584 bits per heavy atom. The van der Waals surface area contributed by atoms with E-state index in [1.807, 2.05) is 69.2 Å². The molecule has 0 unspecified atom stereocenters. The molecule has 24 heteroatoms. The summed E-state index contributed by atoms with van der Waals surface area (Å²) in [6.45, 7) is 35.5. The normalized spacial score (nSPS) is 18.2. The predicted molar refractivity (Wildman–Crippen MR) is 392 cm³/mol. The Morgan fingerprint density at radius 2 is 1.12 bits per heavy atom. The van der Waals surface area contributed by atoms with E-state index in [-0.39, 0.29) is 91.5 Å². The topological polar surface area (TPSA) is 265 Å². The van der Waals surface area contributed by atoms with Crippen molar-refractivity contribution in [3.63, 3.8) is 0 Å². The highest BCUT2D eigenvalue weighted by Crippen LogP contribution is 2.35. The van der Waals surface area contributed by atoms with Crippen LogP contribution in [-0.2, 0) is 73.5 Å². The van der Waals surface area contributed by atoms with Gasteiger partial charge in [0.05, 0.1) is 25.4 Å². The van der Waals surface area contributed by atoms with Gasteiger partial charge in [0.2, 0.25) is 47.3 Å². The van der Waals surface area contributed by atoms with Crippen molar-refractivity contribution < 1.29 is 67.1 Å². The van der Waals surface area contributed by atoms with Crippen molar-refractivity contribution >= 4 is 64.7 Å². The monoisotopic (exact) mass is 1420 g/mol. The Labute approximate surface area is 606 Å². The van der Waals surface area contributed by atoms with E-state index in [1.54, 1.807) is 69.7 Å². The largest absolute Gasteiger partial charge is 0.379 e. The average Bonchev–Trinajstić information content (AvgIpc) is 0.754. The lowest BCUT2D eigenvalue weighted by Gasteiger charge is -2.50. The minimum absolute atomic E-state index is 0.0583. The molecule has 0 aliphatic carbocycles. The molecule has 1 aromatic rings. The number of aryl methyl sites for hydroxylation is 2. The van der Waals surface area contributed by atoms with Crippen LogP contribution in [0, 0.1) is 54.3 Å². The number of nitrogens with zero attached hydrogens (tertiary/aromatic N) is 8. The molecule has 2 N–H and O–H groups in total. The van der Waals surface area contributed by atoms with E-state index in [2.05, 4.69) is 39.8 Å². The summed E-state index contributed by atoms with van der Waals surface area (Å²) in [7, 11) is 10.8. The maximum absolute atomic E-state index is 15.2. The molecular weight excluding hydrogens is 1290 g/mol. The zero-order chi connectivity index (χ0) is 76.6. The third-order valence-electron chi connectivity index (χ3n) is 20.1. The van der Waals surface area contributed by atoms with Gasteiger partial charge in [-0.15, -0.1) is 0 Å². The van der Waals surface area contributed by atoms with Gasteiger partial charge in [-0.05, 0) is 126 Å².